The maximum absolute atomic E-state index is 13.7. The van der Waals surface area contributed by atoms with Crippen LogP contribution in [-0.4, -0.2) is 25.5 Å². The lowest BCUT2D eigenvalue weighted by Crippen LogP contribution is -2.15. The molecule has 0 saturated heterocycles. The van der Waals surface area contributed by atoms with Gasteiger partial charge in [-0.1, -0.05) is 28.1 Å². The van der Waals surface area contributed by atoms with E-state index in [1.54, 1.807) is 24.3 Å². The monoisotopic (exact) mass is 366 g/mol. The fourth-order valence-electron chi connectivity index (χ4n) is 1.72. The van der Waals surface area contributed by atoms with E-state index in [2.05, 4.69) is 15.9 Å². The number of ketones is 1. The highest BCUT2D eigenvalue weighted by atomic mass is 79.9. The zero-order valence-electron chi connectivity index (χ0n) is 11.6. The number of benzene rings is 2. The predicted octanol–water partition coefficient (Wildman–Crippen LogP) is 3.64. The molecular weight excluding hydrogens is 355 g/mol. The predicted molar refractivity (Wildman–Crippen MR) is 81.7 cm³/mol. The Bertz CT molecular complexity index is 698. The van der Waals surface area contributed by atoms with E-state index in [9.17, 15) is 14.0 Å². The number of ether oxygens (including phenoxy) is 2. The summed E-state index contributed by atoms with van der Waals surface area (Å²) in [6, 6.07) is 10.4. The lowest BCUT2D eigenvalue weighted by Gasteiger charge is -2.06. The Kier molecular flexibility index (Phi) is 5.27. The van der Waals surface area contributed by atoms with Crippen molar-refractivity contribution in [3.63, 3.8) is 0 Å². The fraction of sp³-hybridized carbons (Fsp3) is 0.125. The molecule has 0 fully saturated rings. The summed E-state index contributed by atoms with van der Waals surface area (Å²) in [6.45, 7) is -0.452. The van der Waals surface area contributed by atoms with Gasteiger partial charge in [-0.2, -0.15) is 0 Å². The van der Waals surface area contributed by atoms with E-state index in [0.29, 0.717) is 11.3 Å². The maximum atomic E-state index is 13.7. The molecule has 0 atom stereocenters. The smallest absolute Gasteiger partial charge is 0.341 e. The van der Waals surface area contributed by atoms with Gasteiger partial charge in [0.25, 0.3) is 0 Å². The molecule has 0 spiro atoms. The molecule has 0 N–H and O–H groups in total. The van der Waals surface area contributed by atoms with Crippen LogP contribution in [0.25, 0.3) is 0 Å². The van der Waals surface area contributed by atoms with E-state index >= 15 is 0 Å². The van der Waals surface area contributed by atoms with Crippen molar-refractivity contribution in [2.45, 2.75) is 0 Å². The largest absolute Gasteiger partial charge is 0.497 e. The van der Waals surface area contributed by atoms with Crippen molar-refractivity contribution in [3.8, 4) is 5.75 Å². The molecule has 0 unspecified atom stereocenters. The molecule has 0 aliphatic rings. The average Bonchev–Trinajstić information content (AvgIpc) is 2.52. The van der Waals surface area contributed by atoms with E-state index in [-0.39, 0.29) is 11.3 Å². The molecule has 2 rings (SSSR count). The lowest BCUT2D eigenvalue weighted by molar-refractivity contribution is 0.0470. The van der Waals surface area contributed by atoms with Crippen LogP contribution in [0.3, 0.4) is 0 Å². The van der Waals surface area contributed by atoms with Crippen LogP contribution >= 0.6 is 15.9 Å². The zero-order valence-corrected chi connectivity index (χ0v) is 13.2. The average molecular weight is 367 g/mol. The molecule has 0 aliphatic carbocycles. The normalized spacial score (nSPS) is 10.1. The molecule has 0 aromatic heterocycles. The molecular formula is C16H12BrFO4. The van der Waals surface area contributed by atoms with Crippen molar-refractivity contribution in [1.29, 1.82) is 0 Å². The van der Waals surface area contributed by atoms with Gasteiger partial charge in [0.05, 0.1) is 12.7 Å². The highest BCUT2D eigenvalue weighted by Crippen LogP contribution is 2.17. The van der Waals surface area contributed by atoms with Crippen LogP contribution in [0, 0.1) is 5.82 Å². The van der Waals surface area contributed by atoms with Crippen LogP contribution in [0.2, 0.25) is 0 Å². The molecule has 0 radical (unpaired) electrons. The first-order valence-corrected chi connectivity index (χ1v) is 7.10. The fourth-order valence-corrected chi connectivity index (χ4v) is 1.98. The summed E-state index contributed by atoms with van der Waals surface area (Å²) in [5.41, 5.74) is 0.163. The minimum Gasteiger partial charge on any atom is -0.497 e. The number of halogens is 2. The van der Waals surface area contributed by atoms with E-state index in [0.717, 1.165) is 10.5 Å². The van der Waals surface area contributed by atoms with Gasteiger partial charge in [0.2, 0.25) is 0 Å². The standard InChI is InChI=1S/C16H12BrFO4/c1-21-12-6-7-13(14(18)8-12)16(20)22-9-15(19)10-2-4-11(17)5-3-10/h2-8H,9H2,1H3. The Labute approximate surface area is 135 Å². The molecule has 114 valence electrons. The van der Waals surface area contributed by atoms with Gasteiger partial charge < -0.3 is 9.47 Å². The second kappa shape index (κ2) is 7.17. The molecule has 2 aromatic rings. The summed E-state index contributed by atoms with van der Waals surface area (Å²) in [7, 11) is 1.39. The Morgan fingerprint density at radius 2 is 1.82 bits per heavy atom. The van der Waals surface area contributed by atoms with Crippen LogP contribution in [0.15, 0.2) is 46.9 Å². The highest BCUT2D eigenvalue weighted by Gasteiger charge is 2.16. The first kappa shape index (κ1) is 16.2. The lowest BCUT2D eigenvalue weighted by atomic mass is 10.1. The SMILES string of the molecule is COc1ccc(C(=O)OCC(=O)c2ccc(Br)cc2)c(F)c1. The number of rotatable bonds is 5. The molecule has 0 saturated carbocycles. The van der Waals surface area contributed by atoms with Gasteiger partial charge in [0, 0.05) is 16.1 Å². The molecule has 4 nitrogen and oxygen atoms in total. The van der Waals surface area contributed by atoms with Crippen molar-refractivity contribution < 1.29 is 23.5 Å². The minimum absolute atomic E-state index is 0.246. The van der Waals surface area contributed by atoms with E-state index < -0.39 is 18.4 Å². The van der Waals surface area contributed by atoms with Crippen molar-refractivity contribution in [2.75, 3.05) is 13.7 Å². The van der Waals surface area contributed by atoms with Gasteiger partial charge >= 0.3 is 5.97 Å². The molecule has 0 bridgehead atoms. The third kappa shape index (κ3) is 3.92. The van der Waals surface area contributed by atoms with Gasteiger partial charge in [-0.25, -0.2) is 9.18 Å². The summed E-state index contributed by atoms with van der Waals surface area (Å²) in [4.78, 5) is 23.7. The Hall–Kier alpha value is -2.21. The van der Waals surface area contributed by atoms with Crippen molar-refractivity contribution in [3.05, 3.63) is 63.9 Å². The summed E-state index contributed by atoms with van der Waals surface area (Å²) in [5, 5.41) is 0. The molecule has 22 heavy (non-hydrogen) atoms. The topological polar surface area (TPSA) is 52.6 Å². The number of methoxy groups -OCH3 is 1. The van der Waals surface area contributed by atoms with Crippen molar-refractivity contribution in [1.82, 2.24) is 0 Å². The Morgan fingerprint density at radius 1 is 1.14 bits per heavy atom. The summed E-state index contributed by atoms with van der Waals surface area (Å²) in [6.07, 6.45) is 0. The van der Waals surface area contributed by atoms with Gasteiger partial charge in [-0.15, -0.1) is 0 Å². The number of carbonyl (C=O) groups is 2. The molecule has 0 amide bonds. The van der Waals surface area contributed by atoms with Crippen molar-refractivity contribution in [2.24, 2.45) is 0 Å². The maximum Gasteiger partial charge on any atom is 0.341 e. The third-order valence-corrected chi connectivity index (χ3v) is 3.43. The molecule has 0 heterocycles. The van der Waals surface area contributed by atoms with Gasteiger partial charge in [-0.3, -0.25) is 4.79 Å². The van der Waals surface area contributed by atoms with Crippen LogP contribution in [0.4, 0.5) is 4.39 Å². The number of carbonyl (C=O) groups excluding carboxylic acids is 2. The third-order valence-electron chi connectivity index (χ3n) is 2.90. The molecule has 6 heteroatoms. The summed E-state index contributed by atoms with van der Waals surface area (Å²) < 4.78 is 24.2. The summed E-state index contributed by atoms with van der Waals surface area (Å²) >= 11 is 3.26. The second-order valence-electron chi connectivity index (χ2n) is 4.35. The van der Waals surface area contributed by atoms with Crippen LogP contribution < -0.4 is 4.74 Å². The van der Waals surface area contributed by atoms with Crippen molar-refractivity contribution >= 4 is 27.7 Å². The van der Waals surface area contributed by atoms with Gasteiger partial charge in [0.1, 0.15) is 11.6 Å². The number of hydrogen-bond donors (Lipinski definition) is 0. The first-order chi connectivity index (χ1) is 10.5. The molecule has 2 aromatic carbocycles. The van der Waals surface area contributed by atoms with E-state index in [1.165, 1.54) is 19.2 Å². The zero-order chi connectivity index (χ0) is 16.1. The molecule has 0 aliphatic heterocycles. The number of esters is 1. The van der Waals surface area contributed by atoms with E-state index in [1.807, 2.05) is 0 Å². The highest BCUT2D eigenvalue weighted by molar-refractivity contribution is 9.10. The van der Waals surface area contributed by atoms with Crippen LogP contribution in [0.5, 0.6) is 5.75 Å². The first-order valence-electron chi connectivity index (χ1n) is 6.30. The van der Waals surface area contributed by atoms with Gasteiger partial charge in [0.15, 0.2) is 12.4 Å². The quantitative estimate of drug-likeness (QED) is 0.598. The minimum atomic E-state index is -0.898. The second-order valence-corrected chi connectivity index (χ2v) is 5.27. The Balaban J connectivity index is 2.00. The summed E-state index contributed by atoms with van der Waals surface area (Å²) in [5.74, 6) is -1.74. The number of Topliss-reactive ketones (excluding diaryl/α,β-unsaturated/α-hetero) is 1. The van der Waals surface area contributed by atoms with Crippen LogP contribution in [0.1, 0.15) is 20.7 Å². The Morgan fingerprint density at radius 3 is 2.41 bits per heavy atom. The van der Waals surface area contributed by atoms with Crippen LogP contribution in [-0.2, 0) is 4.74 Å². The van der Waals surface area contributed by atoms with E-state index in [4.69, 9.17) is 9.47 Å². The van der Waals surface area contributed by atoms with Gasteiger partial charge in [-0.05, 0) is 24.3 Å². The number of hydrogen-bond acceptors (Lipinski definition) is 4.